The number of esters is 1. The fourth-order valence-electron chi connectivity index (χ4n) is 2.69. The lowest BCUT2D eigenvalue weighted by Crippen LogP contribution is -2.10. The van der Waals surface area contributed by atoms with E-state index in [1.807, 2.05) is 30.3 Å². The van der Waals surface area contributed by atoms with Crippen LogP contribution < -0.4 is 5.73 Å². The van der Waals surface area contributed by atoms with Crippen LogP contribution in [0.25, 0.3) is 17.0 Å². The first-order valence-electron chi connectivity index (χ1n) is 8.28. The van der Waals surface area contributed by atoms with Crippen LogP contribution in [0.5, 0.6) is 0 Å². The fraction of sp³-hybridized carbons (Fsp3) is 0.176. The van der Waals surface area contributed by atoms with Gasteiger partial charge >= 0.3 is 5.97 Å². The molecule has 1 aromatic carbocycles. The number of nitrogens with two attached hydrogens (primary N) is 1. The maximum absolute atomic E-state index is 12.0. The molecule has 4 aromatic rings. The van der Waals surface area contributed by atoms with Crippen LogP contribution >= 0.6 is 0 Å². The topological polar surface area (TPSA) is 127 Å². The Bertz CT molecular complexity index is 1100. The van der Waals surface area contributed by atoms with Crippen molar-refractivity contribution in [3.05, 3.63) is 54.0 Å². The molecule has 0 aliphatic rings. The van der Waals surface area contributed by atoms with Gasteiger partial charge in [-0.25, -0.2) is 19.4 Å². The fourth-order valence-corrected chi connectivity index (χ4v) is 2.69. The smallest absolute Gasteiger partial charge is 0.343 e. The summed E-state index contributed by atoms with van der Waals surface area (Å²) in [4.78, 5) is 20.5. The molecule has 3 aromatic heterocycles. The molecule has 4 rings (SSSR count). The van der Waals surface area contributed by atoms with E-state index in [2.05, 4.69) is 25.4 Å². The number of ether oxygens (including phenoxy) is 1. The average Bonchev–Trinajstić information content (AvgIpc) is 3.26. The molecule has 0 aliphatic carbocycles. The number of benzene rings is 1. The molecule has 27 heavy (non-hydrogen) atoms. The maximum Gasteiger partial charge on any atom is 0.343 e. The van der Waals surface area contributed by atoms with Crippen LogP contribution in [0.4, 0.5) is 5.82 Å². The van der Waals surface area contributed by atoms with E-state index in [1.54, 1.807) is 11.6 Å². The molecule has 0 fully saturated rings. The molecule has 136 valence electrons. The van der Waals surface area contributed by atoms with Gasteiger partial charge in [0.25, 0.3) is 0 Å². The number of anilines is 1. The van der Waals surface area contributed by atoms with Gasteiger partial charge in [0.05, 0.1) is 19.3 Å². The molecule has 0 amide bonds. The molecule has 0 aliphatic heterocycles. The maximum atomic E-state index is 12.0. The summed E-state index contributed by atoms with van der Waals surface area (Å²) in [6.07, 6.45) is 2.73. The van der Waals surface area contributed by atoms with Crippen LogP contribution in [0.2, 0.25) is 0 Å². The predicted molar refractivity (Wildman–Crippen MR) is 96.2 cm³/mol. The van der Waals surface area contributed by atoms with Crippen LogP contribution in [0, 0.1) is 0 Å². The Hall–Kier alpha value is -3.82. The number of nitrogens with zero attached hydrogens (tertiary/aromatic N) is 7. The number of aromatic nitrogens is 7. The second kappa shape index (κ2) is 6.83. The monoisotopic (exact) mass is 364 g/mol. The molecule has 2 N–H and O–H groups in total. The minimum Gasteiger partial charge on any atom is -0.462 e. The summed E-state index contributed by atoms with van der Waals surface area (Å²) < 4.78 is 7.98. The van der Waals surface area contributed by atoms with Crippen LogP contribution in [-0.4, -0.2) is 47.3 Å². The zero-order chi connectivity index (χ0) is 18.8. The van der Waals surface area contributed by atoms with Gasteiger partial charge in [-0.2, -0.15) is 9.78 Å². The standard InChI is InChI=1S/C17H16N8O2/c1-2-27-17(26)12-8-21-25(14(12)18)16-13-15(19-10-20-16)24(23-22-13)9-11-6-4-3-5-7-11/h3-8,10H,2,9,18H2,1H3. The second-order valence-corrected chi connectivity index (χ2v) is 5.68. The summed E-state index contributed by atoms with van der Waals surface area (Å²) in [7, 11) is 0. The first kappa shape index (κ1) is 16.6. The van der Waals surface area contributed by atoms with Crippen molar-refractivity contribution < 1.29 is 9.53 Å². The van der Waals surface area contributed by atoms with Crippen molar-refractivity contribution in [2.24, 2.45) is 0 Å². The first-order valence-corrected chi connectivity index (χ1v) is 8.28. The molecule has 0 bridgehead atoms. The number of hydrogen-bond donors (Lipinski definition) is 1. The highest BCUT2D eigenvalue weighted by molar-refractivity contribution is 5.94. The van der Waals surface area contributed by atoms with Crippen molar-refractivity contribution in [2.75, 3.05) is 12.3 Å². The summed E-state index contributed by atoms with van der Waals surface area (Å²) in [5.74, 6) is -0.0855. The number of hydrogen-bond acceptors (Lipinski definition) is 8. The summed E-state index contributed by atoms with van der Waals surface area (Å²) in [6.45, 7) is 2.48. The van der Waals surface area contributed by atoms with Gasteiger partial charge in [0.2, 0.25) is 0 Å². The molecule has 10 nitrogen and oxygen atoms in total. The number of rotatable bonds is 5. The van der Waals surface area contributed by atoms with E-state index in [1.165, 1.54) is 17.2 Å². The lowest BCUT2D eigenvalue weighted by Gasteiger charge is -2.05. The van der Waals surface area contributed by atoms with Gasteiger partial charge < -0.3 is 10.5 Å². The van der Waals surface area contributed by atoms with Gasteiger partial charge in [-0.1, -0.05) is 35.5 Å². The highest BCUT2D eigenvalue weighted by Gasteiger charge is 2.21. The molecule has 3 heterocycles. The molecule has 0 atom stereocenters. The molecule has 0 saturated heterocycles. The van der Waals surface area contributed by atoms with E-state index in [0.717, 1.165) is 5.56 Å². The molecule has 0 spiro atoms. The van der Waals surface area contributed by atoms with Crippen molar-refractivity contribution in [3.8, 4) is 5.82 Å². The Labute approximate surface area is 153 Å². The van der Waals surface area contributed by atoms with Crippen LogP contribution in [0.1, 0.15) is 22.8 Å². The van der Waals surface area contributed by atoms with Crippen molar-refractivity contribution in [1.82, 2.24) is 34.7 Å². The number of fused-ring (bicyclic) bond motifs is 1. The summed E-state index contributed by atoms with van der Waals surface area (Å²) >= 11 is 0. The third kappa shape index (κ3) is 2.97. The van der Waals surface area contributed by atoms with Gasteiger partial charge in [0.15, 0.2) is 17.0 Å². The number of carbonyl (C=O) groups is 1. The third-order valence-corrected chi connectivity index (χ3v) is 3.96. The minimum absolute atomic E-state index is 0.117. The molecule has 0 unspecified atom stereocenters. The van der Waals surface area contributed by atoms with Gasteiger partial charge in [-0.3, -0.25) is 0 Å². The van der Waals surface area contributed by atoms with Crippen LogP contribution in [-0.2, 0) is 11.3 Å². The predicted octanol–water partition coefficient (Wildman–Crippen LogP) is 1.21. The largest absolute Gasteiger partial charge is 0.462 e. The Morgan fingerprint density at radius 2 is 2.04 bits per heavy atom. The van der Waals surface area contributed by atoms with Crippen molar-refractivity contribution in [1.29, 1.82) is 0 Å². The summed E-state index contributed by atoms with van der Waals surface area (Å²) in [6, 6.07) is 9.84. The van der Waals surface area contributed by atoms with Gasteiger partial charge in [-0.05, 0) is 12.5 Å². The Kier molecular flexibility index (Phi) is 4.21. The third-order valence-electron chi connectivity index (χ3n) is 3.96. The van der Waals surface area contributed by atoms with Crippen molar-refractivity contribution in [2.45, 2.75) is 13.5 Å². The van der Waals surface area contributed by atoms with E-state index in [9.17, 15) is 4.79 Å². The van der Waals surface area contributed by atoms with E-state index in [4.69, 9.17) is 10.5 Å². The first-order chi connectivity index (χ1) is 13.2. The van der Waals surface area contributed by atoms with Crippen LogP contribution in [0.15, 0.2) is 42.9 Å². The lowest BCUT2D eigenvalue weighted by atomic mass is 10.2. The van der Waals surface area contributed by atoms with Crippen molar-refractivity contribution >= 4 is 23.0 Å². The normalized spacial score (nSPS) is 11.0. The quantitative estimate of drug-likeness (QED) is 0.524. The zero-order valence-corrected chi connectivity index (χ0v) is 14.5. The van der Waals surface area contributed by atoms with Gasteiger partial charge in [-0.15, -0.1) is 5.10 Å². The molecule has 0 saturated carbocycles. The van der Waals surface area contributed by atoms with E-state index >= 15 is 0 Å². The summed E-state index contributed by atoms with van der Waals surface area (Å²) in [5, 5.41) is 12.5. The van der Waals surface area contributed by atoms with E-state index in [0.29, 0.717) is 23.5 Å². The molecule has 10 heteroatoms. The van der Waals surface area contributed by atoms with Gasteiger partial charge in [0.1, 0.15) is 17.7 Å². The van der Waals surface area contributed by atoms with Crippen molar-refractivity contribution in [3.63, 3.8) is 0 Å². The SMILES string of the molecule is CCOC(=O)c1cnn(-c2ncnc3c2nnn3Cc2ccccc2)c1N. The Morgan fingerprint density at radius 1 is 1.22 bits per heavy atom. The van der Waals surface area contributed by atoms with Crippen LogP contribution in [0.3, 0.4) is 0 Å². The highest BCUT2D eigenvalue weighted by Crippen LogP contribution is 2.21. The minimum atomic E-state index is -0.542. The molecular formula is C17H16N8O2. The van der Waals surface area contributed by atoms with E-state index < -0.39 is 5.97 Å². The highest BCUT2D eigenvalue weighted by atomic mass is 16.5. The number of nitrogen functional groups attached to an aromatic ring is 1. The van der Waals surface area contributed by atoms with E-state index in [-0.39, 0.29) is 18.0 Å². The zero-order valence-electron chi connectivity index (χ0n) is 14.5. The number of carbonyl (C=O) groups excluding carboxylic acids is 1. The van der Waals surface area contributed by atoms with Gasteiger partial charge in [0, 0.05) is 0 Å². The Balaban J connectivity index is 1.75. The molecule has 0 radical (unpaired) electrons. The average molecular weight is 364 g/mol. The lowest BCUT2D eigenvalue weighted by molar-refractivity contribution is 0.0527. The second-order valence-electron chi connectivity index (χ2n) is 5.68. The Morgan fingerprint density at radius 3 is 2.81 bits per heavy atom. The summed E-state index contributed by atoms with van der Waals surface area (Å²) in [5.41, 5.74) is 8.27. The molecular weight excluding hydrogens is 348 g/mol.